The summed E-state index contributed by atoms with van der Waals surface area (Å²) in [5.41, 5.74) is 1.27. The van der Waals surface area contributed by atoms with Gasteiger partial charge >= 0.3 is 0 Å². The van der Waals surface area contributed by atoms with E-state index in [0.717, 1.165) is 37.8 Å². The van der Waals surface area contributed by atoms with Crippen LogP contribution >= 0.6 is 0 Å². The minimum atomic E-state index is -3.59. The largest absolute Gasteiger partial charge is 0.338 e. The van der Waals surface area contributed by atoms with Gasteiger partial charge in [-0.3, -0.25) is 4.79 Å². The Morgan fingerprint density at radius 3 is 2.37 bits per heavy atom. The maximum atomic E-state index is 13.5. The van der Waals surface area contributed by atoms with Crippen LogP contribution in [0.1, 0.15) is 56.9 Å². The first kappa shape index (κ1) is 20.4. The Morgan fingerprint density at radius 1 is 0.967 bits per heavy atom. The second-order valence-electron chi connectivity index (χ2n) is 8.88. The van der Waals surface area contributed by atoms with Gasteiger partial charge in [0.15, 0.2) is 0 Å². The van der Waals surface area contributed by atoms with Gasteiger partial charge in [0.25, 0.3) is 11.7 Å². The summed E-state index contributed by atoms with van der Waals surface area (Å²) in [6.07, 6.45) is 8.38. The smallest absolute Gasteiger partial charge is 0.292 e. The third-order valence-electron chi connectivity index (χ3n) is 6.91. The molecule has 0 unspecified atom stereocenters. The molecule has 1 aromatic carbocycles. The Bertz CT molecular complexity index is 913. The molecule has 3 fully saturated rings. The Balaban J connectivity index is 1.54. The SMILES string of the molecule is O=C1N(CC2CCCCC2)c2ccc(S(=O)(=O)N3CCCC3)cc2C12OCCCO2. The van der Waals surface area contributed by atoms with E-state index in [1.807, 2.05) is 0 Å². The second kappa shape index (κ2) is 7.89. The summed E-state index contributed by atoms with van der Waals surface area (Å²) in [5.74, 6) is -1.25. The molecule has 0 radical (unpaired) electrons. The van der Waals surface area contributed by atoms with Crippen LogP contribution in [0.4, 0.5) is 5.69 Å². The van der Waals surface area contributed by atoms with E-state index in [9.17, 15) is 13.2 Å². The van der Waals surface area contributed by atoms with Crippen molar-refractivity contribution in [2.75, 3.05) is 37.7 Å². The molecule has 1 spiro atoms. The van der Waals surface area contributed by atoms with Gasteiger partial charge in [-0.15, -0.1) is 0 Å². The highest BCUT2D eigenvalue weighted by Gasteiger charge is 2.55. The molecule has 3 heterocycles. The summed E-state index contributed by atoms with van der Waals surface area (Å²) in [4.78, 5) is 15.5. The molecule has 3 aliphatic heterocycles. The number of sulfonamides is 1. The van der Waals surface area contributed by atoms with E-state index in [4.69, 9.17) is 9.47 Å². The fourth-order valence-electron chi connectivity index (χ4n) is 5.27. The van der Waals surface area contributed by atoms with Gasteiger partial charge < -0.3 is 14.4 Å². The normalized spacial score (nSPS) is 25.2. The number of anilines is 1. The van der Waals surface area contributed by atoms with Crippen molar-refractivity contribution in [2.45, 2.75) is 62.0 Å². The maximum absolute atomic E-state index is 13.5. The lowest BCUT2D eigenvalue weighted by molar-refractivity contribution is -0.256. The van der Waals surface area contributed by atoms with E-state index >= 15 is 0 Å². The summed E-state index contributed by atoms with van der Waals surface area (Å²) < 4.78 is 39.7. The van der Waals surface area contributed by atoms with Crippen LogP contribution in [0, 0.1) is 5.92 Å². The maximum Gasteiger partial charge on any atom is 0.292 e. The number of carbonyl (C=O) groups is 1. The molecule has 1 aromatic rings. The number of fused-ring (bicyclic) bond motifs is 2. The monoisotopic (exact) mass is 434 g/mol. The predicted octanol–water partition coefficient (Wildman–Crippen LogP) is 2.99. The number of ether oxygens (including phenoxy) is 2. The first-order valence-corrected chi connectivity index (χ1v) is 12.7. The summed E-state index contributed by atoms with van der Waals surface area (Å²) >= 11 is 0. The van der Waals surface area contributed by atoms with Gasteiger partial charge in [0, 0.05) is 25.2 Å². The molecule has 164 valence electrons. The molecule has 0 N–H and O–H groups in total. The molecule has 4 aliphatic rings. The molecule has 2 saturated heterocycles. The molecule has 0 aromatic heterocycles. The van der Waals surface area contributed by atoms with E-state index in [1.165, 1.54) is 23.6 Å². The van der Waals surface area contributed by atoms with Crippen LogP contribution in [0.3, 0.4) is 0 Å². The summed E-state index contributed by atoms with van der Waals surface area (Å²) in [7, 11) is -3.59. The van der Waals surface area contributed by atoms with Crippen LogP contribution in [0.2, 0.25) is 0 Å². The molecule has 7 nitrogen and oxygen atoms in total. The Labute approximate surface area is 178 Å². The zero-order valence-electron chi connectivity index (χ0n) is 17.3. The quantitative estimate of drug-likeness (QED) is 0.728. The van der Waals surface area contributed by atoms with Crippen molar-refractivity contribution in [3.63, 3.8) is 0 Å². The van der Waals surface area contributed by atoms with E-state index in [1.54, 1.807) is 23.1 Å². The first-order chi connectivity index (χ1) is 14.5. The predicted molar refractivity (Wildman–Crippen MR) is 112 cm³/mol. The number of rotatable bonds is 4. The topological polar surface area (TPSA) is 76.2 Å². The number of benzene rings is 1. The number of nitrogens with zero attached hydrogens (tertiary/aromatic N) is 2. The molecular formula is C22H30N2O5S. The van der Waals surface area contributed by atoms with Crippen molar-refractivity contribution < 1.29 is 22.7 Å². The summed E-state index contributed by atoms with van der Waals surface area (Å²) in [5, 5.41) is 0. The molecular weight excluding hydrogens is 404 g/mol. The van der Waals surface area contributed by atoms with Gasteiger partial charge in [0.05, 0.1) is 23.8 Å². The molecule has 1 amide bonds. The molecule has 5 rings (SSSR count). The zero-order chi connectivity index (χ0) is 20.8. The van der Waals surface area contributed by atoms with Crippen molar-refractivity contribution in [1.82, 2.24) is 4.31 Å². The van der Waals surface area contributed by atoms with Crippen LogP contribution in [-0.4, -0.2) is 51.5 Å². The van der Waals surface area contributed by atoms with E-state index < -0.39 is 15.8 Å². The van der Waals surface area contributed by atoms with Crippen molar-refractivity contribution >= 4 is 21.6 Å². The molecule has 0 bridgehead atoms. The highest BCUT2D eigenvalue weighted by atomic mass is 32.2. The lowest BCUT2D eigenvalue weighted by atomic mass is 9.89. The van der Waals surface area contributed by atoms with Gasteiger partial charge in [-0.25, -0.2) is 8.42 Å². The Hall–Kier alpha value is -1.48. The van der Waals surface area contributed by atoms with Gasteiger partial charge in [0.1, 0.15) is 0 Å². The fraction of sp³-hybridized carbons (Fsp3) is 0.682. The van der Waals surface area contributed by atoms with Crippen LogP contribution in [0.15, 0.2) is 23.1 Å². The van der Waals surface area contributed by atoms with E-state index in [-0.39, 0.29) is 10.8 Å². The third kappa shape index (κ3) is 3.28. The fourth-order valence-corrected chi connectivity index (χ4v) is 6.82. The lowest BCUT2D eigenvalue weighted by Gasteiger charge is -2.33. The van der Waals surface area contributed by atoms with Gasteiger partial charge in [0.2, 0.25) is 10.0 Å². The van der Waals surface area contributed by atoms with E-state index in [2.05, 4.69) is 0 Å². The average molecular weight is 435 g/mol. The van der Waals surface area contributed by atoms with Gasteiger partial charge in [-0.05, 0) is 56.2 Å². The van der Waals surface area contributed by atoms with E-state index in [0.29, 0.717) is 44.3 Å². The third-order valence-corrected chi connectivity index (χ3v) is 8.80. The van der Waals surface area contributed by atoms with Crippen LogP contribution < -0.4 is 4.90 Å². The number of amides is 1. The summed E-state index contributed by atoms with van der Waals surface area (Å²) in [6, 6.07) is 5.03. The molecule has 1 saturated carbocycles. The van der Waals surface area contributed by atoms with Crippen LogP contribution in [-0.2, 0) is 30.1 Å². The highest BCUT2D eigenvalue weighted by molar-refractivity contribution is 7.89. The highest BCUT2D eigenvalue weighted by Crippen LogP contribution is 2.47. The van der Waals surface area contributed by atoms with Gasteiger partial charge in [-0.1, -0.05) is 19.3 Å². The summed E-state index contributed by atoms with van der Waals surface area (Å²) in [6.45, 7) is 2.57. The molecule has 30 heavy (non-hydrogen) atoms. The molecule has 0 atom stereocenters. The second-order valence-corrected chi connectivity index (χ2v) is 10.8. The standard InChI is InChI=1S/C22H30N2O5S/c25-21-22(28-13-6-14-29-22)19-15-18(30(26,27)23-11-4-5-12-23)9-10-20(19)24(21)16-17-7-2-1-3-8-17/h9-10,15,17H,1-8,11-14,16H2. The van der Waals surface area contributed by atoms with Crippen molar-refractivity contribution in [3.05, 3.63) is 23.8 Å². The van der Waals surface area contributed by atoms with Crippen LogP contribution in [0.5, 0.6) is 0 Å². The Morgan fingerprint density at radius 2 is 1.67 bits per heavy atom. The number of carbonyl (C=O) groups excluding carboxylic acids is 1. The molecule has 8 heteroatoms. The van der Waals surface area contributed by atoms with Crippen LogP contribution in [0.25, 0.3) is 0 Å². The molecule has 1 aliphatic carbocycles. The van der Waals surface area contributed by atoms with Crippen molar-refractivity contribution in [1.29, 1.82) is 0 Å². The average Bonchev–Trinajstić information content (AvgIpc) is 3.39. The number of hydrogen-bond donors (Lipinski definition) is 0. The van der Waals surface area contributed by atoms with Crippen molar-refractivity contribution in [2.24, 2.45) is 5.92 Å². The lowest BCUT2D eigenvalue weighted by Crippen LogP contribution is -2.48. The Kier molecular flexibility index (Phi) is 5.37. The van der Waals surface area contributed by atoms with Crippen molar-refractivity contribution in [3.8, 4) is 0 Å². The number of hydrogen-bond acceptors (Lipinski definition) is 5. The zero-order valence-corrected chi connectivity index (χ0v) is 18.2. The minimum Gasteiger partial charge on any atom is -0.338 e. The minimum absolute atomic E-state index is 0.210. The first-order valence-electron chi connectivity index (χ1n) is 11.3. The van der Waals surface area contributed by atoms with Gasteiger partial charge in [-0.2, -0.15) is 4.31 Å².